The maximum absolute atomic E-state index is 11.3. The standard InChI is InChI=1S/C20H41NO.C18H36O2/c1-3-5-6-7-8-9-10-11-12-13-14-15-16-17-18-19-20(22)21-4-2;1-2-3-4-5-6-7-8-9-10-11-12-13-14-15-16-17-18(19)20/h3-19H2,1-2H3,(H,21,22);2-17H2,1H3,(H,19,20). The Morgan fingerprint density at radius 2 is 0.619 bits per heavy atom. The number of nitrogens with one attached hydrogen (secondary N) is 1. The van der Waals surface area contributed by atoms with E-state index >= 15 is 0 Å². The predicted octanol–water partition coefficient (Wildman–Crippen LogP) is 12.7. The fourth-order valence-electron chi connectivity index (χ4n) is 5.59. The zero-order valence-electron chi connectivity index (χ0n) is 29.1. The number of amides is 1. The van der Waals surface area contributed by atoms with Crippen molar-refractivity contribution in [1.29, 1.82) is 0 Å². The molecule has 0 saturated carbocycles. The molecule has 0 radical (unpaired) electrons. The maximum atomic E-state index is 11.3. The number of hydrogen-bond acceptors (Lipinski definition) is 2. The fraction of sp³-hybridized carbons (Fsp3) is 0.947. The van der Waals surface area contributed by atoms with Crippen LogP contribution in [0.15, 0.2) is 0 Å². The quantitative estimate of drug-likeness (QED) is 0.0741. The average Bonchev–Trinajstić information content (AvgIpc) is 2.97. The van der Waals surface area contributed by atoms with E-state index in [1.807, 2.05) is 6.92 Å². The normalized spacial score (nSPS) is 10.8. The van der Waals surface area contributed by atoms with E-state index in [2.05, 4.69) is 19.2 Å². The highest BCUT2D eigenvalue weighted by molar-refractivity contribution is 5.75. The van der Waals surface area contributed by atoms with Crippen LogP contribution in [0.3, 0.4) is 0 Å². The highest BCUT2D eigenvalue weighted by Gasteiger charge is 1.99. The number of carbonyl (C=O) groups is 2. The van der Waals surface area contributed by atoms with Crippen LogP contribution in [0, 0.1) is 0 Å². The molecular weight excluding hydrogens is 518 g/mol. The number of unbranched alkanes of at least 4 members (excludes halogenated alkanes) is 28. The zero-order valence-corrected chi connectivity index (χ0v) is 29.1. The molecule has 0 spiro atoms. The molecule has 0 aliphatic carbocycles. The van der Waals surface area contributed by atoms with Crippen molar-refractivity contribution in [1.82, 2.24) is 5.32 Å². The van der Waals surface area contributed by atoms with Crippen LogP contribution in [0.4, 0.5) is 0 Å². The molecule has 0 rings (SSSR count). The van der Waals surface area contributed by atoms with Gasteiger partial charge in [0.15, 0.2) is 0 Å². The van der Waals surface area contributed by atoms with Gasteiger partial charge in [0.1, 0.15) is 0 Å². The third kappa shape index (κ3) is 43.4. The molecule has 0 aliphatic rings. The molecule has 0 aromatic rings. The minimum Gasteiger partial charge on any atom is -0.481 e. The van der Waals surface area contributed by atoms with Crippen molar-refractivity contribution in [2.24, 2.45) is 0 Å². The number of carboxylic acids is 1. The first-order chi connectivity index (χ1) is 20.6. The van der Waals surface area contributed by atoms with E-state index in [0.717, 1.165) is 25.8 Å². The molecule has 0 heterocycles. The van der Waals surface area contributed by atoms with E-state index in [-0.39, 0.29) is 5.91 Å². The summed E-state index contributed by atoms with van der Waals surface area (Å²) in [4.78, 5) is 21.6. The Morgan fingerprint density at radius 3 is 0.857 bits per heavy atom. The molecule has 0 unspecified atom stereocenters. The monoisotopic (exact) mass is 596 g/mol. The van der Waals surface area contributed by atoms with Crippen LogP contribution in [0.5, 0.6) is 0 Å². The van der Waals surface area contributed by atoms with Crippen molar-refractivity contribution in [3.05, 3.63) is 0 Å². The number of hydrogen-bond donors (Lipinski definition) is 2. The van der Waals surface area contributed by atoms with Gasteiger partial charge < -0.3 is 10.4 Å². The van der Waals surface area contributed by atoms with Crippen molar-refractivity contribution in [2.45, 2.75) is 226 Å². The van der Waals surface area contributed by atoms with Gasteiger partial charge in [-0.25, -0.2) is 0 Å². The molecule has 0 aromatic carbocycles. The highest BCUT2D eigenvalue weighted by Crippen LogP contribution is 2.15. The van der Waals surface area contributed by atoms with Gasteiger partial charge in [-0.15, -0.1) is 0 Å². The number of aliphatic carboxylic acids is 1. The average molecular weight is 596 g/mol. The molecule has 0 aliphatic heterocycles. The minimum absolute atomic E-state index is 0.220. The summed E-state index contributed by atoms with van der Waals surface area (Å²) in [5.41, 5.74) is 0. The maximum Gasteiger partial charge on any atom is 0.303 e. The zero-order chi connectivity index (χ0) is 31.2. The largest absolute Gasteiger partial charge is 0.481 e. The van der Waals surface area contributed by atoms with Gasteiger partial charge in [0.2, 0.25) is 5.91 Å². The van der Waals surface area contributed by atoms with Crippen LogP contribution in [0.25, 0.3) is 0 Å². The van der Waals surface area contributed by atoms with Crippen LogP contribution in [0.1, 0.15) is 226 Å². The predicted molar refractivity (Wildman–Crippen MR) is 185 cm³/mol. The second-order valence-electron chi connectivity index (χ2n) is 12.7. The topological polar surface area (TPSA) is 66.4 Å². The molecule has 1 amide bonds. The Kier molecular flexibility index (Phi) is 41.0. The molecule has 42 heavy (non-hydrogen) atoms. The first kappa shape index (κ1) is 43.1. The Labute approximate surface area is 264 Å². The Hall–Kier alpha value is -1.06. The molecule has 252 valence electrons. The van der Waals surface area contributed by atoms with Crippen LogP contribution in [-0.4, -0.2) is 23.5 Å². The fourth-order valence-corrected chi connectivity index (χ4v) is 5.59. The Bertz CT molecular complexity index is 522. The lowest BCUT2D eigenvalue weighted by Gasteiger charge is -2.04. The smallest absolute Gasteiger partial charge is 0.303 e. The van der Waals surface area contributed by atoms with E-state index in [9.17, 15) is 9.59 Å². The van der Waals surface area contributed by atoms with E-state index in [0.29, 0.717) is 12.8 Å². The SMILES string of the molecule is CCCCCCCCCCCCCCCCCC(=O)NCC.CCCCCCCCCCCCCCCCCC(=O)O. The van der Waals surface area contributed by atoms with Gasteiger partial charge in [0.05, 0.1) is 0 Å². The van der Waals surface area contributed by atoms with Crippen LogP contribution >= 0.6 is 0 Å². The second kappa shape index (κ2) is 39.9. The van der Waals surface area contributed by atoms with Gasteiger partial charge in [0, 0.05) is 19.4 Å². The number of rotatable bonds is 33. The Morgan fingerprint density at radius 1 is 0.381 bits per heavy atom. The van der Waals surface area contributed by atoms with E-state index in [1.165, 1.54) is 173 Å². The molecular formula is C38H77NO3. The second-order valence-corrected chi connectivity index (χ2v) is 12.7. The summed E-state index contributed by atoms with van der Waals surface area (Å²) in [5, 5.41) is 11.4. The number of carbonyl (C=O) groups excluding carboxylic acids is 1. The first-order valence-corrected chi connectivity index (χ1v) is 19.1. The summed E-state index contributed by atoms with van der Waals surface area (Å²) in [6, 6.07) is 0. The summed E-state index contributed by atoms with van der Waals surface area (Å²) in [6.45, 7) is 7.29. The molecule has 0 saturated heterocycles. The molecule has 4 heteroatoms. The lowest BCUT2D eigenvalue weighted by atomic mass is 10.0. The molecule has 0 atom stereocenters. The van der Waals surface area contributed by atoms with Crippen molar-refractivity contribution < 1.29 is 14.7 Å². The van der Waals surface area contributed by atoms with Gasteiger partial charge in [-0.2, -0.15) is 0 Å². The summed E-state index contributed by atoms with van der Waals surface area (Å²) >= 11 is 0. The number of carboxylic acid groups (broad SMARTS) is 1. The van der Waals surface area contributed by atoms with E-state index in [1.54, 1.807) is 0 Å². The van der Waals surface area contributed by atoms with Gasteiger partial charge in [-0.3, -0.25) is 9.59 Å². The lowest BCUT2D eigenvalue weighted by Crippen LogP contribution is -2.21. The van der Waals surface area contributed by atoms with Gasteiger partial charge in [-0.1, -0.05) is 194 Å². The minimum atomic E-state index is -0.653. The third-order valence-corrected chi connectivity index (χ3v) is 8.38. The van der Waals surface area contributed by atoms with Crippen LogP contribution in [0.2, 0.25) is 0 Å². The lowest BCUT2D eigenvalue weighted by molar-refractivity contribution is -0.137. The van der Waals surface area contributed by atoms with Crippen molar-refractivity contribution >= 4 is 11.9 Å². The highest BCUT2D eigenvalue weighted by atomic mass is 16.4. The third-order valence-electron chi connectivity index (χ3n) is 8.38. The molecule has 0 fully saturated rings. The van der Waals surface area contributed by atoms with Gasteiger partial charge in [0.25, 0.3) is 0 Å². The first-order valence-electron chi connectivity index (χ1n) is 19.1. The van der Waals surface area contributed by atoms with Crippen molar-refractivity contribution in [3.8, 4) is 0 Å². The summed E-state index contributed by atoms with van der Waals surface area (Å²) in [7, 11) is 0. The molecule has 2 N–H and O–H groups in total. The van der Waals surface area contributed by atoms with Gasteiger partial charge >= 0.3 is 5.97 Å². The molecule has 0 aromatic heterocycles. The van der Waals surface area contributed by atoms with E-state index in [4.69, 9.17) is 5.11 Å². The summed E-state index contributed by atoms with van der Waals surface area (Å²) < 4.78 is 0. The summed E-state index contributed by atoms with van der Waals surface area (Å²) in [6.07, 6.45) is 41.5. The van der Waals surface area contributed by atoms with Crippen LogP contribution in [-0.2, 0) is 9.59 Å². The molecule has 0 bridgehead atoms. The van der Waals surface area contributed by atoms with Crippen LogP contribution < -0.4 is 5.32 Å². The molecule has 4 nitrogen and oxygen atoms in total. The Balaban J connectivity index is 0. The van der Waals surface area contributed by atoms with E-state index < -0.39 is 5.97 Å². The van der Waals surface area contributed by atoms with Gasteiger partial charge in [-0.05, 0) is 19.8 Å². The van der Waals surface area contributed by atoms with Crippen molar-refractivity contribution in [2.75, 3.05) is 6.54 Å². The summed E-state index contributed by atoms with van der Waals surface area (Å²) in [5.74, 6) is -0.433. The van der Waals surface area contributed by atoms with Crippen molar-refractivity contribution in [3.63, 3.8) is 0 Å².